The van der Waals surface area contributed by atoms with Gasteiger partial charge in [-0.05, 0) is 37.3 Å². The van der Waals surface area contributed by atoms with Crippen molar-refractivity contribution in [3.8, 4) is 5.75 Å². The number of furan rings is 1. The number of rotatable bonds is 8. The van der Waals surface area contributed by atoms with Crippen LogP contribution in [0.5, 0.6) is 5.75 Å². The van der Waals surface area contributed by atoms with E-state index in [2.05, 4.69) is 14.9 Å². The van der Waals surface area contributed by atoms with Gasteiger partial charge in [0.05, 0.1) is 36.9 Å². The van der Waals surface area contributed by atoms with Gasteiger partial charge >= 0.3 is 0 Å². The van der Waals surface area contributed by atoms with Crippen LogP contribution in [0.2, 0.25) is 0 Å². The number of hydrogen-bond donors (Lipinski definition) is 2. The lowest BCUT2D eigenvalue weighted by atomic mass is 10.2. The lowest BCUT2D eigenvalue weighted by Gasteiger charge is -2.33. The minimum atomic E-state index is -3.83. The van der Waals surface area contributed by atoms with E-state index in [1.807, 2.05) is 19.1 Å². The Morgan fingerprint density at radius 1 is 1.23 bits per heavy atom. The molecule has 0 spiro atoms. The molecule has 1 aliphatic heterocycles. The van der Waals surface area contributed by atoms with E-state index in [4.69, 9.17) is 13.9 Å². The van der Waals surface area contributed by atoms with Crippen molar-refractivity contribution in [2.75, 3.05) is 45.3 Å². The molecule has 2 heterocycles. The number of aryl methyl sites for hydroxylation is 1. The molecular formula is C20H27N3O6S. The van der Waals surface area contributed by atoms with E-state index in [1.165, 1.54) is 32.2 Å². The lowest BCUT2D eigenvalue weighted by molar-refractivity contribution is -0.114. The highest BCUT2D eigenvalue weighted by Crippen LogP contribution is 2.28. The molecule has 1 amide bonds. The molecule has 1 aromatic carbocycles. The van der Waals surface area contributed by atoms with Crippen LogP contribution in [0.15, 0.2) is 39.6 Å². The van der Waals surface area contributed by atoms with Crippen LogP contribution in [0, 0.1) is 6.92 Å². The maximum atomic E-state index is 13.0. The largest absolute Gasteiger partial charge is 0.495 e. The van der Waals surface area contributed by atoms with Crippen LogP contribution in [0.1, 0.15) is 24.5 Å². The fourth-order valence-corrected chi connectivity index (χ4v) is 4.41. The van der Waals surface area contributed by atoms with Crippen LogP contribution in [0.3, 0.4) is 0 Å². The number of nitrogens with zero attached hydrogens (tertiary/aromatic N) is 1. The molecule has 1 saturated heterocycles. The van der Waals surface area contributed by atoms with Gasteiger partial charge < -0.3 is 19.2 Å². The Morgan fingerprint density at radius 2 is 1.97 bits per heavy atom. The first kappa shape index (κ1) is 22.3. The summed E-state index contributed by atoms with van der Waals surface area (Å²) >= 11 is 0. The van der Waals surface area contributed by atoms with Gasteiger partial charge in [-0.15, -0.1) is 0 Å². The first-order valence-corrected chi connectivity index (χ1v) is 11.1. The Morgan fingerprint density at radius 3 is 2.57 bits per heavy atom. The van der Waals surface area contributed by atoms with Crippen molar-refractivity contribution in [3.63, 3.8) is 0 Å². The van der Waals surface area contributed by atoms with Gasteiger partial charge in [0.2, 0.25) is 15.9 Å². The van der Waals surface area contributed by atoms with Crippen LogP contribution >= 0.6 is 0 Å². The molecule has 164 valence electrons. The number of amides is 1. The maximum Gasteiger partial charge on any atom is 0.240 e. The van der Waals surface area contributed by atoms with Crippen molar-refractivity contribution in [2.24, 2.45) is 0 Å². The predicted molar refractivity (Wildman–Crippen MR) is 111 cm³/mol. The average Bonchev–Trinajstić information content (AvgIpc) is 3.14. The van der Waals surface area contributed by atoms with Crippen molar-refractivity contribution < 1.29 is 27.1 Å². The molecule has 30 heavy (non-hydrogen) atoms. The minimum absolute atomic E-state index is 0.0309. The highest BCUT2D eigenvalue weighted by Gasteiger charge is 2.27. The fourth-order valence-electron chi connectivity index (χ4n) is 3.34. The second-order valence-corrected chi connectivity index (χ2v) is 8.77. The van der Waals surface area contributed by atoms with Crippen molar-refractivity contribution >= 4 is 21.6 Å². The van der Waals surface area contributed by atoms with E-state index in [-0.39, 0.29) is 23.4 Å². The molecular weight excluding hydrogens is 410 g/mol. The van der Waals surface area contributed by atoms with Crippen LogP contribution in [-0.4, -0.2) is 59.2 Å². The zero-order valence-corrected chi connectivity index (χ0v) is 18.1. The van der Waals surface area contributed by atoms with Gasteiger partial charge in [-0.1, -0.05) is 0 Å². The van der Waals surface area contributed by atoms with Crippen LogP contribution in [0.25, 0.3) is 0 Å². The summed E-state index contributed by atoms with van der Waals surface area (Å²) in [6.07, 6.45) is 0. The van der Waals surface area contributed by atoms with Crippen LogP contribution < -0.4 is 14.8 Å². The Bertz CT molecular complexity index is 982. The molecule has 2 aromatic rings. The van der Waals surface area contributed by atoms with Crippen LogP contribution in [0.4, 0.5) is 5.69 Å². The van der Waals surface area contributed by atoms with E-state index in [1.54, 1.807) is 0 Å². The molecule has 10 heteroatoms. The summed E-state index contributed by atoms with van der Waals surface area (Å²) in [5, 5.41) is 2.59. The summed E-state index contributed by atoms with van der Waals surface area (Å²) in [6.45, 7) is 5.87. The summed E-state index contributed by atoms with van der Waals surface area (Å²) in [7, 11) is -2.39. The molecule has 0 radical (unpaired) electrons. The topological polar surface area (TPSA) is 110 Å². The highest BCUT2D eigenvalue weighted by molar-refractivity contribution is 7.89. The third-order valence-corrected chi connectivity index (χ3v) is 6.26. The highest BCUT2D eigenvalue weighted by atomic mass is 32.2. The van der Waals surface area contributed by atoms with Gasteiger partial charge in [-0.3, -0.25) is 9.69 Å². The van der Waals surface area contributed by atoms with Gasteiger partial charge in [0.25, 0.3) is 0 Å². The number of ether oxygens (including phenoxy) is 2. The molecule has 0 saturated carbocycles. The van der Waals surface area contributed by atoms with Crippen LogP contribution in [-0.2, 0) is 19.6 Å². The van der Waals surface area contributed by atoms with Crippen molar-refractivity contribution in [1.29, 1.82) is 0 Å². The molecule has 0 unspecified atom stereocenters. The summed E-state index contributed by atoms with van der Waals surface area (Å²) in [5.74, 6) is 1.52. The Kier molecular flexibility index (Phi) is 7.14. The first-order chi connectivity index (χ1) is 14.3. The molecule has 1 atom stereocenters. The average molecular weight is 438 g/mol. The van der Waals surface area contributed by atoms with Crippen molar-refractivity contribution in [1.82, 2.24) is 9.62 Å². The number of anilines is 1. The molecule has 9 nitrogen and oxygen atoms in total. The SMILES string of the molecule is COc1ccc(S(=O)(=O)NC[C@@H](c2ccc(C)o2)N2CCOCC2)cc1NC(C)=O. The summed E-state index contributed by atoms with van der Waals surface area (Å²) in [5.41, 5.74) is 0.291. The second kappa shape index (κ2) is 9.61. The maximum absolute atomic E-state index is 13.0. The third kappa shape index (κ3) is 5.39. The number of methoxy groups -OCH3 is 1. The Hall–Kier alpha value is -2.40. The number of nitrogens with one attached hydrogen (secondary N) is 2. The number of morpholine rings is 1. The molecule has 3 rings (SSSR count). The van der Waals surface area contributed by atoms with E-state index in [0.29, 0.717) is 43.5 Å². The molecule has 1 aromatic heterocycles. The Balaban J connectivity index is 1.81. The Labute approximate surface area is 176 Å². The van der Waals surface area contributed by atoms with Gasteiger partial charge in [-0.25, -0.2) is 13.1 Å². The van der Waals surface area contributed by atoms with E-state index in [9.17, 15) is 13.2 Å². The van der Waals surface area contributed by atoms with E-state index < -0.39 is 10.0 Å². The standard InChI is InChI=1S/C20H27N3O6S/c1-14-4-6-20(29-14)18(23-8-10-28-11-9-23)13-21-30(25,26)16-5-7-19(27-3)17(12-16)22-15(2)24/h4-7,12,18,21H,8-11,13H2,1-3H3,(H,22,24)/t18-/m0/s1. The molecule has 2 N–H and O–H groups in total. The zero-order chi connectivity index (χ0) is 21.7. The van der Waals surface area contributed by atoms with Gasteiger partial charge in [0.15, 0.2) is 0 Å². The number of sulfonamides is 1. The minimum Gasteiger partial charge on any atom is -0.495 e. The number of carbonyl (C=O) groups is 1. The van der Waals surface area contributed by atoms with Gasteiger partial charge in [0.1, 0.15) is 17.3 Å². The quantitative estimate of drug-likeness (QED) is 0.649. The third-order valence-electron chi connectivity index (χ3n) is 4.83. The fraction of sp³-hybridized carbons (Fsp3) is 0.450. The van der Waals surface area contributed by atoms with Crippen molar-refractivity contribution in [2.45, 2.75) is 24.8 Å². The summed E-state index contributed by atoms with van der Waals surface area (Å²) in [6, 6.07) is 7.79. The number of carbonyl (C=O) groups excluding carboxylic acids is 1. The van der Waals surface area contributed by atoms with E-state index in [0.717, 1.165) is 5.76 Å². The molecule has 0 aliphatic carbocycles. The summed E-state index contributed by atoms with van der Waals surface area (Å²) in [4.78, 5) is 13.6. The number of hydrogen-bond acceptors (Lipinski definition) is 7. The smallest absolute Gasteiger partial charge is 0.240 e. The van der Waals surface area contributed by atoms with Gasteiger partial charge in [-0.2, -0.15) is 0 Å². The molecule has 1 fully saturated rings. The lowest BCUT2D eigenvalue weighted by Crippen LogP contribution is -2.43. The monoisotopic (exact) mass is 437 g/mol. The normalized spacial score (nSPS) is 16.2. The molecule has 0 bridgehead atoms. The second-order valence-electron chi connectivity index (χ2n) is 7.01. The summed E-state index contributed by atoms with van der Waals surface area (Å²) < 4.78 is 45.0. The molecule has 1 aliphatic rings. The first-order valence-electron chi connectivity index (χ1n) is 9.63. The zero-order valence-electron chi connectivity index (χ0n) is 17.3. The number of benzene rings is 1. The van der Waals surface area contributed by atoms with Gasteiger partial charge in [0, 0.05) is 26.6 Å². The predicted octanol–water partition coefficient (Wildman–Crippen LogP) is 1.91. The van der Waals surface area contributed by atoms with E-state index >= 15 is 0 Å². The van der Waals surface area contributed by atoms with Crippen molar-refractivity contribution in [3.05, 3.63) is 41.9 Å².